The molecule has 13 heavy (non-hydrogen) atoms. The zero-order valence-electron chi connectivity index (χ0n) is 7.39. The summed E-state index contributed by atoms with van der Waals surface area (Å²) >= 11 is 0. The highest BCUT2D eigenvalue weighted by Gasteiger charge is 2.12. The quantitative estimate of drug-likeness (QED) is 0.632. The van der Waals surface area contributed by atoms with Gasteiger partial charge in [-0.2, -0.15) is 0 Å². The number of aromatic nitrogens is 1. The zero-order chi connectivity index (χ0) is 9.59. The zero-order valence-corrected chi connectivity index (χ0v) is 7.39. The summed E-state index contributed by atoms with van der Waals surface area (Å²) in [6.45, 7) is 3.35. The van der Waals surface area contributed by atoms with Gasteiger partial charge in [0.2, 0.25) is 0 Å². The number of fused-ring (bicyclic) bond motifs is 1. The first-order valence-electron chi connectivity index (χ1n) is 3.91. The molecule has 2 rings (SSSR count). The fourth-order valence-electron chi connectivity index (χ4n) is 1.33. The summed E-state index contributed by atoms with van der Waals surface area (Å²) in [5.41, 5.74) is 7.05. The van der Waals surface area contributed by atoms with E-state index < -0.39 is 5.82 Å². The predicted octanol–water partition coefficient (Wildman–Crippen LogP) is 2.17. The Kier molecular flexibility index (Phi) is 1.52. The van der Waals surface area contributed by atoms with E-state index >= 15 is 0 Å². The number of aryl methyl sites for hydroxylation is 2. The Bertz CT molecular complexity index is 476. The van der Waals surface area contributed by atoms with E-state index in [-0.39, 0.29) is 5.69 Å². The van der Waals surface area contributed by atoms with Crippen LogP contribution in [0.5, 0.6) is 0 Å². The highest BCUT2D eigenvalue weighted by atomic mass is 19.1. The largest absolute Gasteiger partial charge is 0.441 e. The molecule has 0 amide bonds. The molecule has 0 aliphatic rings. The second-order valence-electron chi connectivity index (χ2n) is 2.98. The van der Waals surface area contributed by atoms with Crippen molar-refractivity contribution in [2.75, 3.05) is 5.73 Å². The number of anilines is 1. The lowest BCUT2D eigenvalue weighted by Gasteiger charge is -1.99. The van der Waals surface area contributed by atoms with Crippen LogP contribution in [-0.4, -0.2) is 4.98 Å². The molecule has 0 fully saturated rings. The van der Waals surface area contributed by atoms with Gasteiger partial charge in [-0.25, -0.2) is 9.37 Å². The summed E-state index contributed by atoms with van der Waals surface area (Å²) in [5, 5.41) is 0. The van der Waals surface area contributed by atoms with Crippen molar-refractivity contribution in [2.24, 2.45) is 0 Å². The number of nitrogen functional groups attached to an aromatic ring is 1. The fraction of sp³-hybridized carbons (Fsp3) is 0.222. The monoisotopic (exact) mass is 180 g/mol. The van der Waals surface area contributed by atoms with E-state index in [0.717, 1.165) is 0 Å². The maximum atomic E-state index is 13.3. The van der Waals surface area contributed by atoms with Gasteiger partial charge in [0.15, 0.2) is 17.3 Å². The lowest BCUT2D eigenvalue weighted by Crippen LogP contribution is -1.93. The number of nitrogens with two attached hydrogens (primary N) is 1. The van der Waals surface area contributed by atoms with E-state index in [1.807, 2.05) is 0 Å². The van der Waals surface area contributed by atoms with Crippen LogP contribution in [0.1, 0.15) is 11.5 Å². The minimum Gasteiger partial charge on any atom is -0.441 e. The highest BCUT2D eigenvalue weighted by Crippen LogP contribution is 2.25. The Labute approximate surface area is 74.4 Å². The molecule has 0 unspecified atom stereocenters. The van der Waals surface area contributed by atoms with E-state index in [1.54, 1.807) is 13.8 Å². The summed E-state index contributed by atoms with van der Waals surface area (Å²) in [7, 11) is 0. The average molecular weight is 180 g/mol. The summed E-state index contributed by atoms with van der Waals surface area (Å²) < 4.78 is 18.5. The molecule has 1 aromatic carbocycles. The minimum absolute atomic E-state index is 0.0983. The third-order valence-corrected chi connectivity index (χ3v) is 1.98. The second-order valence-corrected chi connectivity index (χ2v) is 2.98. The molecule has 1 heterocycles. The maximum Gasteiger partial charge on any atom is 0.192 e. The Balaban J connectivity index is 2.92. The molecule has 0 bridgehead atoms. The molecule has 1 aromatic heterocycles. The summed E-state index contributed by atoms with van der Waals surface area (Å²) in [6.07, 6.45) is 0. The van der Waals surface area contributed by atoms with E-state index in [9.17, 15) is 4.39 Å². The van der Waals surface area contributed by atoms with Gasteiger partial charge >= 0.3 is 0 Å². The van der Waals surface area contributed by atoms with Crippen LogP contribution in [0.4, 0.5) is 10.1 Å². The van der Waals surface area contributed by atoms with E-state index in [4.69, 9.17) is 10.2 Å². The van der Waals surface area contributed by atoms with Gasteiger partial charge < -0.3 is 10.2 Å². The van der Waals surface area contributed by atoms with Crippen LogP contribution >= 0.6 is 0 Å². The van der Waals surface area contributed by atoms with Crippen molar-refractivity contribution in [3.8, 4) is 0 Å². The van der Waals surface area contributed by atoms with Gasteiger partial charge in [0.25, 0.3) is 0 Å². The standard InChI is InChI=1S/C9H9FN2O/c1-4-8(10)6(11)3-7-9(4)12-5(2)13-7/h3H,11H2,1-2H3. The van der Waals surface area contributed by atoms with Crippen LogP contribution in [0, 0.1) is 19.7 Å². The van der Waals surface area contributed by atoms with Crippen LogP contribution in [0.3, 0.4) is 0 Å². The van der Waals surface area contributed by atoms with Gasteiger partial charge in [-0.1, -0.05) is 0 Å². The predicted molar refractivity (Wildman–Crippen MR) is 47.9 cm³/mol. The smallest absolute Gasteiger partial charge is 0.192 e. The lowest BCUT2D eigenvalue weighted by atomic mass is 10.2. The Hall–Kier alpha value is -1.58. The van der Waals surface area contributed by atoms with Crippen molar-refractivity contribution >= 4 is 16.8 Å². The topological polar surface area (TPSA) is 52.0 Å². The van der Waals surface area contributed by atoms with Crippen molar-refractivity contribution < 1.29 is 8.81 Å². The van der Waals surface area contributed by atoms with E-state index in [0.29, 0.717) is 22.6 Å². The van der Waals surface area contributed by atoms with Gasteiger partial charge in [-0.05, 0) is 6.92 Å². The molecule has 0 radical (unpaired) electrons. The first-order chi connectivity index (χ1) is 6.09. The molecule has 2 aromatic rings. The number of hydrogen-bond donors (Lipinski definition) is 1. The molecule has 4 heteroatoms. The van der Waals surface area contributed by atoms with Gasteiger partial charge in [-0.3, -0.25) is 0 Å². The number of benzene rings is 1. The third kappa shape index (κ3) is 1.06. The lowest BCUT2D eigenvalue weighted by molar-refractivity contribution is 0.560. The molecule has 0 saturated heterocycles. The molecule has 68 valence electrons. The maximum absolute atomic E-state index is 13.3. The highest BCUT2D eigenvalue weighted by molar-refractivity contribution is 5.80. The van der Waals surface area contributed by atoms with Crippen molar-refractivity contribution in [2.45, 2.75) is 13.8 Å². The molecule has 0 aliphatic carbocycles. The van der Waals surface area contributed by atoms with E-state index in [1.165, 1.54) is 6.07 Å². The summed E-state index contributed by atoms with van der Waals surface area (Å²) in [4.78, 5) is 4.05. The SMILES string of the molecule is Cc1nc2c(C)c(F)c(N)cc2o1. The number of nitrogens with zero attached hydrogens (tertiary/aromatic N) is 1. The summed E-state index contributed by atoms with van der Waals surface area (Å²) in [5.74, 6) is 0.101. The Morgan fingerprint density at radius 2 is 2.15 bits per heavy atom. The van der Waals surface area contributed by atoms with E-state index in [2.05, 4.69) is 4.98 Å². The van der Waals surface area contributed by atoms with Crippen LogP contribution in [0.15, 0.2) is 10.5 Å². The average Bonchev–Trinajstić information content (AvgIpc) is 2.42. The molecule has 0 aliphatic heterocycles. The van der Waals surface area contributed by atoms with Crippen LogP contribution in [0.25, 0.3) is 11.1 Å². The number of hydrogen-bond acceptors (Lipinski definition) is 3. The van der Waals surface area contributed by atoms with Gasteiger partial charge in [0, 0.05) is 18.6 Å². The van der Waals surface area contributed by atoms with Crippen molar-refractivity contribution in [1.29, 1.82) is 0 Å². The Morgan fingerprint density at radius 1 is 1.46 bits per heavy atom. The van der Waals surface area contributed by atoms with Crippen molar-refractivity contribution in [1.82, 2.24) is 4.98 Å². The minimum atomic E-state index is -0.416. The van der Waals surface area contributed by atoms with Crippen molar-refractivity contribution in [3.63, 3.8) is 0 Å². The molecule has 0 atom stereocenters. The Morgan fingerprint density at radius 3 is 2.85 bits per heavy atom. The number of oxazole rings is 1. The number of halogens is 1. The molecule has 2 N–H and O–H groups in total. The van der Waals surface area contributed by atoms with Crippen molar-refractivity contribution in [3.05, 3.63) is 23.3 Å². The first kappa shape index (κ1) is 8.04. The van der Waals surface area contributed by atoms with Crippen LogP contribution in [-0.2, 0) is 0 Å². The number of rotatable bonds is 0. The van der Waals surface area contributed by atoms with Crippen LogP contribution in [0.2, 0.25) is 0 Å². The fourth-order valence-corrected chi connectivity index (χ4v) is 1.33. The molecular weight excluding hydrogens is 171 g/mol. The second kappa shape index (κ2) is 2.45. The first-order valence-corrected chi connectivity index (χ1v) is 3.91. The van der Waals surface area contributed by atoms with Gasteiger partial charge in [0.05, 0.1) is 5.69 Å². The molecule has 0 spiro atoms. The molecule has 3 nitrogen and oxygen atoms in total. The molecular formula is C9H9FN2O. The van der Waals surface area contributed by atoms with Gasteiger partial charge in [-0.15, -0.1) is 0 Å². The normalized spacial score (nSPS) is 11.0. The third-order valence-electron chi connectivity index (χ3n) is 1.98. The summed E-state index contributed by atoms with van der Waals surface area (Å²) in [6, 6.07) is 1.46. The molecule has 0 saturated carbocycles. The van der Waals surface area contributed by atoms with Gasteiger partial charge in [0.1, 0.15) is 5.52 Å². The van der Waals surface area contributed by atoms with Crippen LogP contribution < -0.4 is 5.73 Å².